The molecule has 1 aromatic heterocycles. The molecule has 1 atom stereocenters. The molecule has 7 nitrogen and oxygen atoms in total. The molecular weight excluding hydrogens is 461 g/mol. The number of likely N-dealkylation sites (tertiary alicyclic amines) is 1. The molecule has 3 aromatic rings. The van der Waals surface area contributed by atoms with Gasteiger partial charge in [0, 0.05) is 62.9 Å². The number of aliphatic hydroxyl groups excluding tert-OH is 1. The van der Waals surface area contributed by atoms with Crippen molar-refractivity contribution in [2.24, 2.45) is 7.05 Å². The average Bonchev–Trinajstić information content (AvgIpc) is 3.17. The molecule has 2 aromatic carbocycles. The number of aryl methyl sites for hydroxylation is 1. The first-order valence-electron chi connectivity index (χ1n) is 12.4. The van der Waals surface area contributed by atoms with Crippen molar-refractivity contribution in [3.8, 4) is 5.75 Å². The van der Waals surface area contributed by atoms with Gasteiger partial charge in [-0.3, -0.25) is 9.69 Å². The molecule has 1 fully saturated rings. The topological polar surface area (TPSA) is 67.2 Å². The summed E-state index contributed by atoms with van der Waals surface area (Å²) >= 11 is 0. The van der Waals surface area contributed by atoms with Gasteiger partial charge in [0.25, 0.3) is 0 Å². The lowest BCUT2D eigenvalue weighted by atomic mass is 9.68. The maximum Gasteiger partial charge on any atom is 0.248 e. The lowest BCUT2D eigenvalue weighted by molar-refractivity contribution is -0.137. The molecule has 0 bridgehead atoms. The molecule has 8 heteroatoms. The fourth-order valence-corrected chi connectivity index (χ4v) is 6.31. The van der Waals surface area contributed by atoms with E-state index in [4.69, 9.17) is 9.47 Å². The molecule has 3 heterocycles. The standard InChI is InChI=1S/C28H34FN3O4/c1-30-23-14-21(36-3)7-8-22(23)26-27(30)24(16-33)32(15-19-5-4-6-20(29)13-19)18-28(26)9-11-31(12-10-28)25(34)17-35-2/h4-8,13-14,24,33H,9-12,15-18H2,1-3H3/t24-/m1/s1. The van der Waals surface area contributed by atoms with Gasteiger partial charge in [-0.1, -0.05) is 12.1 Å². The van der Waals surface area contributed by atoms with Crippen LogP contribution in [0.5, 0.6) is 5.75 Å². The summed E-state index contributed by atoms with van der Waals surface area (Å²) in [5.41, 5.74) is 4.07. The van der Waals surface area contributed by atoms with Crippen LogP contribution in [0, 0.1) is 5.82 Å². The molecule has 1 spiro atoms. The first-order valence-corrected chi connectivity index (χ1v) is 12.4. The Labute approximate surface area is 211 Å². The number of halogens is 1. The van der Waals surface area contributed by atoms with E-state index >= 15 is 0 Å². The van der Waals surface area contributed by atoms with Crippen molar-refractivity contribution >= 4 is 16.8 Å². The van der Waals surface area contributed by atoms with Crippen LogP contribution in [0.2, 0.25) is 0 Å². The second-order valence-electron chi connectivity index (χ2n) is 10.0. The summed E-state index contributed by atoms with van der Waals surface area (Å²) in [6.07, 6.45) is 1.61. The summed E-state index contributed by atoms with van der Waals surface area (Å²) in [5.74, 6) is 0.532. The summed E-state index contributed by atoms with van der Waals surface area (Å²) in [5, 5.41) is 11.8. The molecule has 2 aliphatic rings. The second kappa shape index (κ2) is 9.84. The van der Waals surface area contributed by atoms with Crippen LogP contribution in [-0.4, -0.2) is 72.4 Å². The smallest absolute Gasteiger partial charge is 0.248 e. The summed E-state index contributed by atoms with van der Waals surface area (Å²) in [4.78, 5) is 16.7. The maximum atomic E-state index is 14.0. The van der Waals surface area contributed by atoms with Gasteiger partial charge in [0.15, 0.2) is 0 Å². The minimum Gasteiger partial charge on any atom is -0.497 e. The number of aromatic nitrogens is 1. The Kier molecular flexibility index (Phi) is 6.76. The number of carbonyl (C=O) groups excluding carboxylic acids is 1. The van der Waals surface area contributed by atoms with Crippen LogP contribution in [0.1, 0.15) is 35.7 Å². The van der Waals surface area contributed by atoms with Crippen LogP contribution in [0.25, 0.3) is 10.9 Å². The van der Waals surface area contributed by atoms with Gasteiger partial charge in [-0.15, -0.1) is 0 Å². The highest BCUT2D eigenvalue weighted by Crippen LogP contribution is 2.50. The van der Waals surface area contributed by atoms with Gasteiger partial charge < -0.3 is 24.0 Å². The summed E-state index contributed by atoms with van der Waals surface area (Å²) in [6.45, 7) is 2.58. The van der Waals surface area contributed by atoms with E-state index in [0.717, 1.165) is 47.3 Å². The lowest BCUT2D eigenvalue weighted by Crippen LogP contribution is -2.54. The van der Waals surface area contributed by atoms with Crippen LogP contribution in [-0.2, 0) is 28.5 Å². The molecule has 0 aliphatic carbocycles. The van der Waals surface area contributed by atoms with E-state index in [0.29, 0.717) is 19.6 Å². The Morgan fingerprint density at radius 1 is 1.17 bits per heavy atom. The van der Waals surface area contributed by atoms with Crippen LogP contribution in [0.3, 0.4) is 0 Å². The molecule has 0 saturated carbocycles. The monoisotopic (exact) mass is 495 g/mol. The van der Waals surface area contributed by atoms with Crippen molar-refractivity contribution in [2.45, 2.75) is 30.8 Å². The van der Waals surface area contributed by atoms with Crippen molar-refractivity contribution in [3.63, 3.8) is 0 Å². The van der Waals surface area contributed by atoms with E-state index in [1.165, 1.54) is 11.6 Å². The van der Waals surface area contributed by atoms with Crippen LogP contribution in [0.15, 0.2) is 42.5 Å². The number of amides is 1. The molecule has 36 heavy (non-hydrogen) atoms. The number of fused-ring (bicyclic) bond motifs is 4. The Morgan fingerprint density at radius 2 is 1.94 bits per heavy atom. The highest BCUT2D eigenvalue weighted by Gasteiger charge is 2.48. The normalized spacial score (nSPS) is 19.6. The van der Waals surface area contributed by atoms with Gasteiger partial charge >= 0.3 is 0 Å². The van der Waals surface area contributed by atoms with E-state index < -0.39 is 0 Å². The van der Waals surface area contributed by atoms with Crippen LogP contribution >= 0.6 is 0 Å². The maximum absolute atomic E-state index is 14.0. The molecule has 192 valence electrons. The molecule has 2 aliphatic heterocycles. The Morgan fingerprint density at radius 3 is 2.61 bits per heavy atom. The van der Waals surface area contributed by atoms with Crippen molar-refractivity contribution in [1.82, 2.24) is 14.4 Å². The quantitative estimate of drug-likeness (QED) is 0.568. The summed E-state index contributed by atoms with van der Waals surface area (Å²) in [6, 6.07) is 12.6. The Balaban J connectivity index is 1.61. The zero-order chi connectivity index (χ0) is 25.4. The van der Waals surface area contributed by atoms with Gasteiger partial charge in [-0.2, -0.15) is 0 Å². The predicted octanol–water partition coefficient (Wildman–Crippen LogP) is 3.38. The minimum atomic E-state index is -0.262. The number of nitrogens with zero attached hydrogens (tertiary/aromatic N) is 3. The number of piperidine rings is 1. The van der Waals surface area contributed by atoms with E-state index in [1.54, 1.807) is 26.4 Å². The lowest BCUT2D eigenvalue weighted by Gasteiger charge is -2.50. The Hall–Kier alpha value is -2.94. The van der Waals surface area contributed by atoms with Crippen molar-refractivity contribution < 1.29 is 23.8 Å². The number of benzene rings is 2. The number of hydrogen-bond acceptors (Lipinski definition) is 5. The second-order valence-corrected chi connectivity index (χ2v) is 10.0. The number of methoxy groups -OCH3 is 2. The molecule has 1 amide bonds. The molecule has 5 rings (SSSR count). The largest absolute Gasteiger partial charge is 0.497 e. The number of hydrogen-bond donors (Lipinski definition) is 1. The average molecular weight is 496 g/mol. The highest BCUT2D eigenvalue weighted by atomic mass is 19.1. The number of ether oxygens (including phenoxy) is 2. The molecule has 0 radical (unpaired) electrons. The van der Waals surface area contributed by atoms with Crippen molar-refractivity contribution in [1.29, 1.82) is 0 Å². The molecule has 0 unspecified atom stereocenters. The van der Waals surface area contributed by atoms with E-state index in [2.05, 4.69) is 15.5 Å². The van der Waals surface area contributed by atoms with Gasteiger partial charge in [0.05, 0.1) is 25.3 Å². The van der Waals surface area contributed by atoms with Crippen LogP contribution < -0.4 is 4.74 Å². The zero-order valence-corrected chi connectivity index (χ0v) is 21.2. The summed E-state index contributed by atoms with van der Waals surface area (Å²) in [7, 11) is 5.25. The molecule has 1 saturated heterocycles. The Bertz CT molecular complexity index is 1270. The number of aliphatic hydroxyl groups is 1. The minimum absolute atomic E-state index is 0.0101. The fraction of sp³-hybridized carbons (Fsp3) is 0.464. The van der Waals surface area contributed by atoms with Crippen molar-refractivity contribution in [2.75, 3.05) is 47.1 Å². The third-order valence-electron chi connectivity index (χ3n) is 8.03. The zero-order valence-electron chi connectivity index (χ0n) is 21.2. The first-order chi connectivity index (χ1) is 17.4. The van der Waals surface area contributed by atoms with Gasteiger partial charge in [-0.25, -0.2) is 4.39 Å². The van der Waals surface area contributed by atoms with Gasteiger partial charge in [-0.05, 0) is 48.2 Å². The van der Waals surface area contributed by atoms with E-state index in [9.17, 15) is 14.3 Å². The SMILES string of the molecule is COCC(=O)N1CCC2(CC1)CN(Cc1cccc(F)c1)[C@H](CO)c1c2c2ccc(OC)cc2n1C. The molecule has 1 N–H and O–H groups in total. The van der Waals surface area contributed by atoms with Crippen molar-refractivity contribution in [3.05, 3.63) is 65.1 Å². The number of carbonyl (C=O) groups is 1. The third-order valence-corrected chi connectivity index (χ3v) is 8.03. The molecular formula is C28H34FN3O4. The highest BCUT2D eigenvalue weighted by molar-refractivity contribution is 5.89. The van der Waals surface area contributed by atoms with Crippen LogP contribution in [0.4, 0.5) is 4.39 Å². The number of rotatable bonds is 6. The fourth-order valence-electron chi connectivity index (χ4n) is 6.31. The first kappa shape index (κ1) is 24.7. The van der Waals surface area contributed by atoms with E-state index in [1.807, 2.05) is 30.1 Å². The van der Waals surface area contributed by atoms with E-state index in [-0.39, 0.29) is 36.4 Å². The van der Waals surface area contributed by atoms with Gasteiger partial charge in [0.2, 0.25) is 5.91 Å². The van der Waals surface area contributed by atoms with Gasteiger partial charge in [0.1, 0.15) is 18.2 Å². The predicted molar refractivity (Wildman–Crippen MR) is 135 cm³/mol. The third kappa shape index (κ3) is 4.17. The summed E-state index contributed by atoms with van der Waals surface area (Å²) < 4.78 is 26.8.